The van der Waals surface area contributed by atoms with Crippen molar-refractivity contribution < 1.29 is 19.0 Å². The summed E-state index contributed by atoms with van der Waals surface area (Å²) in [6.07, 6.45) is 2.04. The van der Waals surface area contributed by atoms with E-state index in [1.165, 1.54) is 12.1 Å². The molecule has 0 atom stereocenters. The van der Waals surface area contributed by atoms with Gasteiger partial charge in [-0.2, -0.15) is 0 Å². The minimum atomic E-state index is -0.608. The lowest BCUT2D eigenvalue weighted by atomic mass is 9.98. The number of anilines is 1. The van der Waals surface area contributed by atoms with Gasteiger partial charge in [0.15, 0.2) is 0 Å². The van der Waals surface area contributed by atoms with E-state index in [9.17, 15) is 14.9 Å². The van der Waals surface area contributed by atoms with Gasteiger partial charge in [-0.25, -0.2) is 4.79 Å². The third-order valence-corrected chi connectivity index (χ3v) is 4.56. The molecule has 2 aromatic rings. The number of carbonyl (C=O) groups excluding carboxylic acids is 1. The Morgan fingerprint density at radius 3 is 2.73 bits per heavy atom. The second kappa shape index (κ2) is 7.55. The van der Waals surface area contributed by atoms with Crippen LogP contribution in [0, 0.1) is 23.0 Å². The Bertz CT molecular complexity index is 809. The fourth-order valence-electron chi connectivity index (χ4n) is 3.03. The fourth-order valence-corrected chi connectivity index (χ4v) is 3.03. The zero-order chi connectivity index (χ0) is 18.7. The van der Waals surface area contributed by atoms with Crippen LogP contribution >= 0.6 is 0 Å². The fraction of sp³-hybridized carbons (Fsp3) is 0.444. The largest absolute Gasteiger partial charge is 0.455 e. The zero-order valence-corrected chi connectivity index (χ0v) is 14.8. The molecule has 0 aliphatic carbocycles. The normalized spacial score (nSPS) is 15.1. The number of hydrogen-bond donors (Lipinski definition) is 0. The number of esters is 1. The Labute approximate surface area is 150 Å². The lowest BCUT2D eigenvalue weighted by molar-refractivity contribution is -0.384. The molecule has 0 unspecified atom stereocenters. The van der Waals surface area contributed by atoms with E-state index in [2.05, 4.69) is 17.0 Å². The van der Waals surface area contributed by atoms with Gasteiger partial charge in [-0.1, -0.05) is 12.1 Å². The summed E-state index contributed by atoms with van der Waals surface area (Å²) in [5.41, 5.74) is 1.23. The molecule has 1 saturated heterocycles. The van der Waals surface area contributed by atoms with Gasteiger partial charge in [-0.05, 0) is 31.7 Å². The number of aryl methyl sites for hydroxylation is 1. The van der Waals surface area contributed by atoms with Crippen LogP contribution in [-0.2, 0) is 11.3 Å². The van der Waals surface area contributed by atoms with E-state index in [1.54, 1.807) is 19.1 Å². The van der Waals surface area contributed by atoms with Crippen LogP contribution in [0.2, 0.25) is 0 Å². The standard InChI is InChI=1S/C18H21N3O5/c1-12-5-7-20(8-6-12)17-4-3-15(21(23)24)10-16(17)18(22)25-11-14-9-13(2)26-19-14/h3-4,9-10,12H,5-8,11H2,1-2H3. The number of benzene rings is 1. The summed E-state index contributed by atoms with van der Waals surface area (Å²) in [6, 6.07) is 6.01. The van der Waals surface area contributed by atoms with Crippen molar-refractivity contribution in [1.82, 2.24) is 5.16 Å². The lowest BCUT2D eigenvalue weighted by Crippen LogP contribution is -2.34. The summed E-state index contributed by atoms with van der Waals surface area (Å²) in [6.45, 7) is 5.51. The Kier molecular flexibility index (Phi) is 5.20. The molecule has 1 aliphatic rings. The highest BCUT2D eigenvalue weighted by Crippen LogP contribution is 2.30. The quantitative estimate of drug-likeness (QED) is 0.458. The Morgan fingerprint density at radius 2 is 2.12 bits per heavy atom. The molecule has 0 saturated carbocycles. The van der Waals surface area contributed by atoms with Gasteiger partial charge in [0.2, 0.25) is 0 Å². The number of carbonyl (C=O) groups is 1. The first-order valence-corrected chi connectivity index (χ1v) is 8.56. The summed E-state index contributed by atoms with van der Waals surface area (Å²) in [5, 5.41) is 14.9. The van der Waals surface area contributed by atoms with Gasteiger partial charge in [0.25, 0.3) is 5.69 Å². The summed E-state index contributed by atoms with van der Waals surface area (Å²) in [7, 11) is 0. The third kappa shape index (κ3) is 4.01. The van der Waals surface area contributed by atoms with Crippen LogP contribution in [-0.4, -0.2) is 29.1 Å². The molecule has 0 amide bonds. The predicted molar refractivity (Wildman–Crippen MR) is 94.1 cm³/mol. The molecule has 1 aromatic heterocycles. The van der Waals surface area contributed by atoms with Crippen LogP contribution < -0.4 is 4.90 Å². The van der Waals surface area contributed by atoms with Crippen molar-refractivity contribution in [2.45, 2.75) is 33.3 Å². The predicted octanol–water partition coefficient (Wildman–Crippen LogP) is 3.48. The molecule has 0 bridgehead atoms. The molecule has 2 heterocycles. The second-order valence-corrected chi connectivity index (χ2v) is 6.63. The summed E-state index contributed by atoms with van der Waals surface area (Å²) < 4.78 is 10.2. The molecule has 26 heavy (non-hydrogen) atoms. The van der Waals surface area contributed by atoms with Crippen molar-refractivity contribution >= 4 is 17.3 Å². The van der Waals surface area contributed by atoms with Crippen molar-refractivity contribution in [3.63, 3.8) is 0 Å². The summed E-state index contributed by atoms with van der Waals surface area (Å²) >= 11 is 0. The number of nitrogens with zero attached hydrogens (tertiary/aromatic N) is 3. The van der Waals surface area contributed by atoms with Gasteiger partial charge >= 0.3 is 5.97 Å². The van der Waals surface area contributed by atoms with Crippen LogP contribution in [0.15, 0.2) is 28.8 Å². The number of piperidine rings is 1. The van der Waals surface area contributed by atoms with E-state index in [4.69, 9.17) is 9.26 Å². The highest BCUT2D eigenvalue weighted by atomic mass is 16.6. The smallest absolute Gasteiger partial charge is 0.340 e. The first-order chi connectivity index (χ1) is 12.4. The minimum Gasteiger partial charge on any atom is -0.455 e. The van der Waals surface area contributed by atoms with Gasteiger partial charge in [0.05, 0.1) is 16.2 Å². The highest BCUT2D eigenvalue weighted by Gasteiger charge is 2.24. The number of hydrogen-bond acceptors (Lipinski definition) is 7. The van der Waals surface area contributed by atoms with Gasteiger partial charge in [-0.15, -0.1) is 0 Å². The van der Waals surface area contributed by atoms with Gasteiger partial charge in [0.1, 0.15) is 18.1 Å². The topological polar surface area (TPSA) is 98.7 Å². The molecule has 8 heteroatoms. The number of non-ortho nitro benzene ring substituents is 1. The molecular formula is C18H21N3O5. The van der Waals surface area contributed by atoms with Gasteiger partial charge < -0.3 is 14.2 Å². The molecule has 0 N–H and O–H groups in total. The summed E-state index contributed by atoms with van der Waals surface area (Å²) in [5.74, 6) is 0.646. The van der Waals surface area contributed by atoms with E-state index >= 15 is 0 Å². The summed E-state index contributed by atoms with van der Waals surface area (Å²) in [4.78, 5) is 25.3. The Morgan fingerprint density at radius 1 is 1.38 bits per heavy atom. The molecule has 0 radical (unpaired) electrons. The van der Waals surface area contributed by atoms with E-state index in [0.717, 1.165) is 25.9 Å². The van der Waals surface area contributed by atoms with Crippen LogP contribution in [0.5, 0.6) is 0 Å². The molecule has 1 aliphatic heterocycles. The molecule has 1 aromatic carbocycles. The zero-order valence-electron chi connectivity index (χ0n) is 14.8. The van der Waals surface area contributed by atoms with Crippen molar-refractivity contribution in [3.05, 3.63) is 51.4 Å². The van der Waals surface area contributed by atoms with Crippen molar-refractivity contribution in [3.8, 4) is 0 Å². The van der Waals surface area contributed by atoms with Crippen molar-refractivity contribution in [2.75, 3.05) is 18.0 Å². The number of aromatic nitrogens is 1. The first kappa shape index (κ1) is 17.9. The SMILES string of the molecule is Cc1cc(COC(=O)c2cc([N+](=O)[O-])ccc2N2CCC(C)CC2)no1. The maximum Gasteiger partial charge on any atom is 0.340 e. The lowest BCUT2D eigenvalue weighted by Gasteiger charge is -2.33. The van der Waals surface area contributed by atoms with Crippen LogP contribution in [0.3, 0.4) is 0 Å². The molecular weight excluding hydrogens is 338 g/mol. The highest BCUT2D eigenvalue weighted by molar-refractivity contribution is 5.96. The molecule has 8 nitrogen and oxygen atoms in total. The minimum absolute atomic E-state index is 0.0463. The van der Waals surface area contributed by atoms with E-state index in [-0.39, 0.29) is 17.9 Å². The van der Waals surface area contributed by atoms with E-state index < -0.39 is 10.9 Å². The Balaban J connectivity index is 1.83. The van der Waals surface area contributed by atoms with Crippen LogP contribution in [0.25, 0.3) is 0 Å². The number of nitro groups is 1. The van der Waals surface area contributed by atoms with E-state index in [0.29, 0.717) is 23.1 Å². The second-order valence-electron chi connectivity index (χ2n) is 6.63. The number of ether oxygens (including phenoxy) is 1. The van der Waals surface area contributed by atoms with E-state index in [1.807, 2.05) is 0 Å². The molecule has 0 spiro atoms. The molecule has 3 rings (SSSR count). The number of nitro benzene ring substituents is 1. The average Bonchev–Trinajstić information content (AvgIpc) is 3.05. The van der Waals surface area contributed by atoms with Crippen molar-refractivity contribution in [1.29, 1.82) is 0 Å². The Hall–Kier alpha value is -2.90. The average molecular weight is 359 g/mol. The monoisotopic (exact) mass is 359 g/mol. The van der Waals surface area contributed by atoms with Crippen LogP contribution in [0.4, 0.5) is 11.4 Å². The van der Waals surface area contributed by atoms with Crippen LogP contribution in [0.1, 0.15) is 41.6 Å². The number of rotatable bonds is 5. The van der Waals surface area contributed by atoms with Gasteiger partial charge in [-0.3, -0.25) is 10.1 Å². The van der Waals surface area contributed by atoms with Gasteiger partial charge in [0, 0.05) is 31.3 Å². The van der Waals surface area contributed by atoms with Crippen molar-refractivity contribution in [2.24, 2.45) is 5.92 Å². The molecule has 138 valence electrons. The maximum absolute atomic E-state index is 12.6. The first-order valence-electron chi connectivity index (χ1n) is 8.56. The molecule has 1 fully saturated rings. The third-order valence-electron chi connectivity index (χ3n) is 4.56. The maximum atomic E-state index is 12.6.